The Balaban J connectivity index is 2.05. The van der Waals surface area contributed by atoms with Gasteiger partial charge in [-0.2, -0.15) is 0 Å². The van der Waals surface area contributed by atoms with Crippen LogP contribution >= 0.6 is 0 Å². The molecule has 20 heavy (non-hydrogen) atoms. The van der Waals surface area contributed by atoms with Gasteiger partial charge in [0.15, 0.2) is 0 Å². The summed E-state index contributed by atoms with van der Waals surface area (Å²) in [5.74, 6) is 0.576. The quantitative estimate of drug-likeness (QED) is 0.840. The molecule has 1 fully saturated rings. The molecule has 2 N–H and O–H groups in total. The smallest absolute Gasteiger partial charge is 0.251 e. The van der Waals surface area contributed by atoms with Crippen LogP contribution in [0.5, 0.6) is 5.75 Å². The Morgan fingerprint density at radius 2 is 2.15 bits per heavy atom. The zero-order valence-corrected chi connectivity index (χ0v) is 12.0. The molecule has 1 aromatic carbocycles. The molecule has 1 saturated carbocycles. The van der Waals surface area contributed by atoms with Crippen molar-refractivity contribution in [2.24, 2.45) is 0 Å². The summed E-state index contributed by atoms with van der Waals surface area (Å²) < 4.78 is 5.54. The number of ether oxygens (including phenoxy) is 1. The number of benzene rings is 1. The molecule has 1 aromatic rings. The van der Waals surface area contributed by atoms with Crippen LogP contribution < -0.4 is 10.1 Å². The highest BCUT2D eigenvalue weighted by atomic mass is 16.5. The van der Waals surface area contributed by atoms with Crippen LogP contribution in [-0.4, -0.2) is 29.8 Å². The number of hydrogen-bond acceptors (Lipinski definition) is 3. The highest BCUT2D eigenvalue weighted by molar-refractivity contribution is 5.95. The molecule has 1 amide bonds. The summed E-state index contributed by atoms with van der Waals surface area (Å²) in [5.41, 5.74) is 0.149. The number of carbonyl (C=O) groups is 1. The minimum Gasteiger partial charge on any atom is -0.494 e. The first-order valence-electron chi connectivity index (χ1n) is 7.35. The average Bonchev–Trinajstić information content (AvgIpc) is 2.94. The molecule has 4 nitrogen and oxygen atoms in total. The Bertz CT molecular complexity index is 453. The van der Waals surface area contributed by atoms with Crippen molar-refractivity contribution in [3.63, 3.8) is 0 Å². The lowest BCUT2D eigenvalue weighted by molar-refractivity contribution is 0.0838. The molecule has 4 heteroatoms. The van der Waals surface area contributed by atoms with Gasteiger partial charge in [-0.15, -0.1) is 0 Å². The summed E-state index contributed by atoms with van der Waals surface area (Å²) >= 11 is 0. The van der Waals surface area contributed by atoms with Gasteiger partial charge in [0.05, 0.1) is 18.8 Å². The minimum atomic E-state index is -0.433. The maximum Gasteiger partial charge on any atom is 0.251 e. The van der Waals surface area contributed by atoms with E-state index in [0.29, 0.717) is 17.9 Å². The molecule has 110 valence electrons. The summed E-state index contributed by atoms with van der Waals surface area (Å²) in [5, 5.41) is 12.5. The number of carbonyl (C=O) groups excluding carboxylic acids is 1. The standard InChI is InChI=1S/C16H23NO3/c1-2-10-20-14-7-5-6-13(11-14)15(19)17-16(12-18)8-3-4-9-16/h5-7,11,18H,2-4,8-10,12H2,1H3,(H,17,19). The summed E-state index contributed by atoms with van der Waals surface area (Å²) in [6, 6.07) is 7.20. The number of nitrogens with one attached hydrogen (secondary N) is 1. The first-order chi connectivity index (χ1) is 9.69. The van der Waals surface area contributed by atoms with Crippen LogP contribution in [-0.2, 0) is 0 Å². The van der Waals surface area contributed by atoms with Crippen molar-refractivity contribution < 1.29 is 14.6 Å². The van der Waals surface area contributed by atoms with Crippen molar-refractivity contribution in [1.82, 2.24) is 5.32 Å². The Kier molecular flexibility index (Phi) is 5.01. The molecule has 0 spiro atoms. The second-order valence-electron chi connectivity index (χ2n) is 5.48. The number of rotatable bonds is 6. The van der Waals surface area contributed by atoms with E-state index in [1.54, 1.807) is 12.1 Å². The van der Waals surface area contributed by atoms with Gasteiger partial charge in [0.1, 0.15) is 5.75 Å². The van der Waals surface area contributed by atoms with E-state index in [9.17, 15) is 9.90 Å². The van der Waals surface area contributed by atoms with E-state index >= 15 is 0 Å². The molecule has 0 aromatic heterocycles. The van der Waals surface area contributed by atoms with Gasteiger partial charge in [0, 0.05) is 5.56 Å². The average molecular weight is 277 g/mol. The second kappa shape index (κ2) is 6.75. The molecule has 0 heterocycles. The van der Waals surface area contributed by atoms with Crippen LogP contribution in [0.3, 0.4) is 0 Å². The van der Waals surface area contributed by atoms with Crippen LogP contribution in [0.2, 0.25) is 0 Å². The first kappa shape index (κ1) is 14.9. The molecule has 0 aliphatic heterocycles. The Morgan fingerprint density at radius 3 is 2.80 bits per heavy atom. The zero-order valence-electron chi connectivity index (χ0n) is 12.0. The van der Waals surface area contributed by atoms with Crippen LogP contribution in [0.25, 0.3) is 0 Å². The molecular formula is C16H23NO3. The fourth-order valence-electron chi connectivity index (χ4n) is 2.63. The first-order valence-corrected chi connectivity index (χ1v) is 7.35. The highest BCUT2D eigenvalue weighted by Gasteiger charge is 2.34. The monoisotopic (exact) mass is 277 g/mol. The van der Waals surface area contributed by atoms with Gasteiger partial charge in [-0.3, -0.25) is 4.79 Å². The largest absolute Gasteiger partial charge is 0.494 e. The van der Waals surface area contributed by atoms with Crippen LogP contribution in [0, 0.1) is 0 Å². The Labute approximate surface area is 120 Å². The van der Waals surface area contributed by atoms with Gasteiger partial charge in [-0.1, -0.05) is 25.8 Å². The Hall–Kier alpha value is -1.55. The molecule has 0 saturated heterocycles. The number of aliphatic hydroxyl groups excluding tert-OH is 1. The predicted octanol–water partition coefficient (Wildman–Crippen LogP) is 2.51. The topological polar surface area (TPSA) is 58.6 Å². The Morgan fingerprint density at radius 1 is 1.40 bits per heavy atom. The summed E-state index contributed by atoms with van der Waals surface area (Å²) in [6.45, 7) is 2.69. The second-order valence-corrected chi connectivity index (χ2v) is 5.48. The maximum atomic E-state index is 12.3. The summed E-state index contributed by atoms with van der Waals surface area (Å²) in [6.07, 6.45) is 4.74. The van der Waals surface area contributed by atoms with Crippen molar-refractivity contribution >= 4 is 5.91 Å². The van der Waals surface area contributed by atoms with Crippen molar-refractivity contribution in [2.75, 3.05) is 13.2 Å². The van der Waals surface area contributed by atoms with E-state index in [-0.39, 0.29) is 12.5 Å². The zero-order chi connectivity index (χ0) is 14.4. The lowest BCUT2D eigenvalue weighted by Crippen LogP contribution is -2.49. The van der Waals surface area contributed by atoms with Crippen molar-refractivity contribution in [2.45, 2.75) is 44.6 Å². The lowest BCUT2D eigenvalue weighted by Gasteiger charge is -2.28. The molecule has 1 aliphatic carbocycles. The van der Waals surface area contributed by atoms with E-state index in [0.717, 1.165) is 32.1 Å². The maximum absolute atomic E-state index is 12.3. The lowest BCUT2D eigenvalue weighted by atomic mass is 9.98. The van der Waals surface area contributed by atoms with Gasteiger partial charge in [-0.05, 0) is 37.5 Å². The van der Waals surface area contributed by atoms with Gasteiger partial charge in [0.2, 0.25) is 0 Å². The van der Waals surface area contributed by atoms with Crippen LogP contribution in [0.15, 0.2) is 24.3 Å². The minimum absolute atomic E-state index is 0.00473. The van der Waals surface area contributed by atoms with Gasteiger partial charge in [0.25, 0.3) is 5.91 Å². The molecule has 0 unspecified atom stereocenters. The third-order valence-electron chi connectivity index (χ3n) is 3.81. The SMILES string of the molecule is CCCOc1cccc(C(=O)NC2(CO)CCCC2)c1. The molecule has 0 radical (unpaired) electrons. The van der Waals surface area contributed by atoms with E-state index in [2.05, 4.69) is 5.32 Å². The normalized spacial score (nSPS) is 16.9. The summed E-state index contributed by atoms with van der Waals surface area (Å²) in [4.78, 5) is 12.3. The third-order valence-corrected chi connectivity index (χ3v) is 3.81. The number of aliphatic hydroxyl groups is 1. The van der Waals surface area contributed by atoms with E-state index < -0.39 is 5.54 Å². The van der Waals surface area contributed by atoms with E-state index in [4.69, 9.17) is 4.74 Å². The predicted molar refractivity (Wildman–Crippen MR) is 78.0 cm³/mol. The van der Waals surface area contributed by atoms with Crippen molar-refractivity contribution in [3.8, 4) is 5.75 Å². The number of amides is 1. The van der Waals surface area contributed by atoms with Gasteiger partial charge in [-0.25, -0.2) is 0 Å². The molecule has 2 rings (SSSR count). The van der Waals surface area contributed by atoms with Gasteiger partial charge >= 0.3 is 0 Å². The van der Waals surface area contributed by atoms with Crippen LogP contribution in [0.4, 0.5) is 0 Å². The molecular weight excluding hydrogens is 254 g/mol. The molecule has 0 atom stereocenters. The number of hydrogen-bond donors (Lipinski definition) is 2. The van der Waals surface area contributed by atoms with Crippen LogP contribution in [0.1, 0.15) is 49.4 Å². The fraction of sp³-hybridized carbons (Fsp3) is 0.562. The highest BCUT2D eigenvalue weighted by Crippen LogP contribution is 2.29. The molecule has 0 bridgehead atoms. The summed E-state index contributed by atoms with van der Waals surface area (Å²) in [7, 11) is 0. The van der Waals surface area contributed by atoms with Crippen molar-refractivity contribution in [1.29, 1.82) is 0 Å². The third kappa shape index (κ3) is 3.51. The molecule has 1 aliphatic rings. The van der Waals surface area contributed by atoms with E-state index in [1.165, 1.54) is 0 Å². The van der Waals surface area contributed by atoms with Gasteiger partial charge < -0.3 is 15.2 Å². The van der Waals surface area contributed by atoms with Crippen molar-refractivity contribution in [3.05, 3.63) is 29.8 Å². The fourth-order valence-corrected chi connectivity index (χ4v) is 2.63. The van der Waals surface area contributed by atoms with E-state index in [1.807, 2.05) is 19.1 Å².